The Bertz CT molecular complexity index is 505. The molecule has 0 aliphatic carbocycles. The molecule has 0 amide bonds. The Morgan fingerprint density at radius 1 is 1.18 bits per heavy atom. The van der Waals surface area contributed by atoms with E-state index in [4.69, 9.17) is 4.74 Å². The molecule has 0 unspecified atom stereocenters. The minimum atomic E-state index is -0.262. The van der Waals surface area contributed by atoms with Crippen molar-refractivity contribution in [2.24, 2.45) is 0 Å². The van der Waals surface area contributed by atoms with Crippen LogP contribution in [-0.2, 0) is 6.61 Å². The summed E-state index contributed by atoms with van der Waals surface area (Å²) in [6.07, 6.45) is 0. The summed E-state index contributed by atoms with van der Waals surface area (Å²) in [5.41, 5.74) is 1.95. The molecule has 3 heteroatoms. The van der Waals surface area contributed by atoms with Crippen molar-refractivity contribution < 1.29 is 9.13 Å². The summed E-state index contributed by atoms with van der Waals surface area (Å²) in [7, 11) is 0. The Kier molecular flexibility index (Phi) is 3.79. The highest BCUT2D eigenvalue weighted by Crippen LogP contribution is 2.18. The lowest BCUT2D eigenvalue weighted by atomic mass is 10.2. The SMILES string of the molecule is Cc1cccc(OCc2cc(F)cc(Br)c2)c1. The summed E-state index contributed by atoms with van der Waals surface area (Å²) in [5, 5.41) is 0. The van der Waals surface area contributed by atoms with E-state index in [-0.39, 0.29) is 5.82 Å². The smallest absolute Gasteiger partial charge is 0.124 e. The molecular weight excluding hydrogens is 283 g/mol. The maximum atomic E-state index is 13.1. The predicted molar refractivity (Wildman–Crippen MR) is 69.6 cm³/mol. The third kappa shape index (κ3) is 3.56. The maximum Gasteiger partial charge on any atom is 0.124 e. The van der Waals surface area contributed by atoms with Crippen LogP contribution in [0, 0.1) is 12.7 Å². The van der Waals surface area contributed by atoms with Crippen LogP contribution in [0.15, 0.2) is 46.9 Å². The molecule has 17 heavy (non-hydrogen) atoms. The van der Waals surface area contributed by atoms with E-state index in [9.17, 15) is 4.39 Å². The summed E-state index contributed by atoms with van der Waals surface area (Å²) in [4.78, 5) is 0. The van der Waals surface area contributed by atoms with Crippen LogP contribution >= 0.6 is 15.9 Å². The lowest BCUT2D eigenvalue weighted by molar-refractivity contribution is 0.305. The van der Waals surface area contributed by atoms with Crippen LogP contribution in [0.2, 0.25) is 0 Å². The van der Waals surface area contributed by atoms with Gasteiger partial charge in [0.25, 0.3) is 0 Å². The van der Waals surface area contributed by atoms with E-state index < -0.39 is 0 Å². The van der Waals surface area contributed by atoms with Crippen molar-refractivity contribution in [1.29, 1.82) is 0 Å². The summed E-state index contributed by atoms with van der Waals surface area (Å²) < 4.78 is 19.5. The second-order valence-electron chi connectivity index (χ2n) is 3.88. The van der Waals surface area contributed by atoms with Crippen molar-refractivity contribution in [3.8, 4) is 5.75 Å². The van der Waals surface area contributed by atoms with Gasteiger partial charge in [0.1, 0.15) is 18.2 Å². The largest absolute Gasteiger partial charge is 0.489 e. The van der Waals surface area contributed by atoms with E-state index in [1.807, 2.05) is 37.3 Å². The molecular formula is C14H12BrFO. The molecule has 0 heterocycles. The van der Waals surface area contributed by atoms with Crippen LogP contribution < -0.4 is 4.74 Å². The molecule has 0 bridgehead atoms. The number of benzene rings is 2. The number of rotatable bonds is 3. The van der Waals surface area contributed by atoms with Crippen LogP contribution in [0.1, 0.15) is 11.1 Å². The fraction of sp³-hybridized carbons (Fsp3) is 0.143. The van der Waals surface area contributed by atoms with E-state index in [1.165, 1.54) is 12.1 Å². The second-order valence-corrected chi connectivity index (χ2v) is 4.80. The number of hydrogen-bond acceptors (Lipinski definition) is 1. The van der Waals surface area contributed by atoms with E-state index in [0.717, 1.165) is 21.3 Å². The predicted octanol–water partition coefficient (Wildman–Crippen LogP) is 4.48. The molecule has 2 rings (SSSR count). The van der Waals surface area contributed by atoms with E-state index in [2.05, 4.69) is 15.9 Å². The molecule has 2 aromatic rings. The molecule has 1 nitrogen and oxygen atoms in total. The molecule has 0 aromatic heterocycles. The zero-order valence-electron chi connectivity index (χ0n) is 9.41. The molecule has 0 saturated heterocycles. The van der Waals surface area contributed by atoms with Gasteiger partial charge in [0.15, 0.2) is 0 Å². The molecule has 0 atom stereocenters. The molecule has 2 aromatic carbocycles. The van der Waals surface area contributed by atoms with Crippen molar-refractivity contribution >= 4 is 15.9 Å². The molecule has 0 N–H and O–H groups in total. The van der Waals surface area contributed by atoms with Crippen LogP contribution in [0.25, 0.3) is 0 Å². The third-order valence-electron chi connectivity index (χ3n) is 2.32. The summed E-state index contributed by atoms with van der Waals surface area (Å²) in [6.45, 7) is 2.37. The monoisotopic (exact) mass is 294 g/mol. The summed E-state index contributed by atoms with van der Waals surface area (Å²) in [5.74, 6) is 0.535. The van der Waals surface area contributed by atoms with Crippen LogP contribution in [0.3, 0.4) is 0 Å². The fourth-order valence-corrected chi connectivity index (χ4v) is 2.08. The summed E-state index contributed by atoms with van der Waals surface area (Å²) in [6, 6.07) is 12.5. The third-order valence-corrected chi connectivity index (χ3v) is 2.78. The van der Waals surface area contributed by atoms with Crippen LogP contribution in [0.5, 0.6) is 5.75 Å². The van der Waals surface area contributed by atoms with Gasteiger partial charge in [0.05, 0.1) is 0 Å². The Morgan fingerprint density at radius 3 is 2.71 bits per heavy atom. The molecule has 0 saturated carbocycles. The molecule has 0 aliphatic rings. The Hall–Kier alpha value is -1.35. The minimum Gasteiger partial charge on any atom is -0.489 e. The van der Waals surface area contributed by atoms with Crippen LogP contribution in [-0.4, -0.2) is 0 Å². The number of hydrogen-bond donors (Lipinski definition) is 0. The van der Waals surface area contributed by atoms with Gasteiger partial charge in [-0.25, -0.2) is 4.39 Å². The van der Waals surface area contributed by atoms with Crippen molar-refractivity contribution in [1.82, 2.24) is 0 Å². The van der Waals surface area contributed by atoms with Crippen molar-refractivity contribution in [2.75, 3.05) is 0 Å². The van der Waals surface area contributed by atoms with E-state index in [0.29, 0.717) is 6.61 Å². The van der Waals surface area contributed by atoms with E-state index >= 15 is 0 Å². The first kappa shape index (κ1) is 12.1. The highest BCUT2D eigenvalue weighted by molar-refractivity contribution is 9.10. The average molecular weight is 295 g/mol. The van der Waals surface area contributed by atoms with Gasteiger partial charge in [-0.2, -0.15) is 0 Å². The van der Waals surface area contributed by atoms with Gasteiger partial charge in [-0.3, -0.25) is 0 Å². The lowest BCUT2D eigenvalue weighted by Crippen LogP contribution is -1.96. The van der Waals surface area contributed by atoms with Gasteiger partial charge < -0.3 is 4.74 Å². The Balaban J connectivity index is 2.07. The topological polar surface area (TPSA) is 9.23 Å². The van der Waals surface area contributed by atoms with Gasteiger partial charge in [0.2, 0.25) is 0 Å². The minimum absolute atomic E-state index is 0.262. The standard InChI is InChI=1S/C14H12BrFO/c1-10-3-2-4-14(5-10)17-9-11-6-12(15)8-13(16)7-11/h2-8H,9H2,1H3. The average Bonchev–Trinajstić information content (AvgIpc) is 2.25. The maximum absolute atomic E-state index is 13.1. The number of aryl methyl sites for hydroxylation is 1. The first-order valence-corrected chi connectivity index (χ1v) is 6.07. The normalized spacial score (nSPS) is 10.3. The van der Waals surface area contributed by atoms with Crippen molar-refractivity contribution in [3.63, 3.8) is 0 Å². The first-order chi connectivity index (χ1) is 8.13. The van der Waals surface area contributed by atoms with Gasteiger partial charge in [-0.15, -0.1) is 0 Å². The molecule has 0 spiro atoms. The summed E-state index contributed by atoms with van der Waals surface area (Å²) >= 11 is 3.26. The first-order valence-electron chi connectivity index (χ1n) is 5.28. The molecule has 0 aliphatic heterocycles. The van der Waals surface area contributed by atoms with Gasteiger partial charge in [0, 0.05) is 4.47 Å². The Morgan fingerprint density at radius 2 is 2.00 bits per heavy atom. The Labute approximate surface area is 108 Å². The highest BCUT2D eigenvalue weighted by atomic mass is 79.9. The van der Waals surface area contributed by atoms with E-state index in [1.54, 1.807) is 0 Å². The fourth-order valence-electron chi connectivity index (χ4n) is 1.57. The zero-order valence-corrected chi connectivity index (χ0v) is 11.0. The van der Waals surface area contributed by atoms with Crippen molar-refractivity contribution in [2.45, 2.75) is 13.5 Å². The lowest BCUT2D eigenvalue weighted by Gasteiger charge is -2.07. The van der Waals surface area contributed by atoms with Crippen LogP contribution in [0.4, 0.5) is 4.39 Å². The second kappa shape index (κ2) is 5.32. The van der Waals surface area contributed by atoms with Gasteiger partial charge in [-0.05, 0) is 48.4 Å². The van der Waals surface area contributed by atoms with Gasteiger partial charge in [-0.1, -0.05) is 28.1 Å². The quantitative estimate of drug-likeness (QED) is 0.811. The highest BCUT2D eigenvalue weighted by Gasteiger charge is 2.00. The number of ether oxygens (including phenoxy) is 1. The van der Waals surface area contributed by atoms with Gasteiger partial charge >= 0.3 is 0 Å². The molecule has 88 valence electrons. The zero-order chi connectivity index (χ0) is 12.3. The molecule has 0 fully saturated rings. The number of halogens is 2. The van der Waals surface area contributed by atoms with Crippen molar-refractivity contribution in [3.05, 3.63) is 63.9 Å². The molecule has 0 radical (unpaired) electrons.